The fourth-order valence-electron chi connectivity index (χ4n) is 2.45. The topological polar surface area (TPSA) is 54.0 Å². The quantitative estimate of drug-likeness (QED) is 0.616. The van der Waals surface area contributed by atoms with E-state index in [9.17, 15) is 4.79 Å². The lowest BCUT2D eigenvalue weighted by atomic mass is 10.2. The molecule has 0 aliphatic heterocycles. The lowest BCUT2D eigenvalue weighted by Gasteiger charge is -2.10. The number of carbonyl (C=O) groups is 1. The first kappa shape index (κ1) is 17.2. The summed E-state index contributed by atoms with van der Waals surface area (Å²) in [6, 6.07) is 15.5. The molecule has 3 rings (SSSR count). The van der Waals surface area contributed by atoms with Gasteiger partial charge in [0.2, 0.25) is 0 Å². The van der Waals surface area contributed by atoms with E-state index in [4.69, 9.17) is 0 Å². The molecule has 0 bridgehead atoms. The van der Waals surface area contributed by atoms with Crippen molar-refractivity contribution in [1.29, 1.82) is 0 Å². The van der Waals surface area contributed by atoms with Crippen LogP contribution in [0, 0.1) is 13.8 Å². The Kier molecular flexibility index (Phi) is 5.14. The molecule has 25 heavy (non-hydrogen) atoms. The van der Waals surface area contributed by atoms with Gasteiger partial charge in [0.25, 0.3) is 5.91 Å². The van der Waals surface area contributed by atoms with Gasteiger partial charge in [-0.3, -0.25) is 9.78 Å². The zero-order valence-electron chi connectivity index (χ0n) is 14.0. The summed E-state index contributed by atoms with van der Waals surface area (Å²) in [7, 11) is 0. The summed E-state index contributed by atoms with van der Waals surface area (Å²) in [5, 5.41) is 6.17. The number of halogens is 1. The smallest absolute Gasteiger partial charge is 0.257 e. The van der Waals surface area contributed by atoms with Crippen LogP contribution >= 0.6 is 15.9 Å². The Hall–Kier alpha value is -2.66. The molecular formula is C20H18BrN3O. The van der Waals surface area contributed by atoms with Gasteiger partial charge in [0.05, 0.1) is 17.4 Å². The Bertz CT molecular complexity index is 924. The highest BCUT2D eigenvalue weighted by atomic mass is 79.9. The van der Waals surface area contributed by atoms with Crippen LogP contribution < -0.4 is 10.6 Å². The van der Waals surface area contributed by atoms with E-state index in [1.54, 1.807) is 18.5 Å². The Morgan fingerprint density at radius 2 is 1.80 bits per heavy atom. The minimum absolute atomic E-state index is 0.192. The number of hydrogen-bond acceptors (Lipinski definition) is 3. The molecule has 2 N–H and O–H groups in total. The van der Waals surface area contributed by atoms with Crippen molar-refractivity contribution in [2.75, 3.05) is 10.6 Å². The lowest BCUT2D eigenvalue weighted by Crippen LogP contribution is -2.12. The predicted octanol–water partition coefficient (Wildman–Crippen LogP) is 5.46. The van der Waals surface area contributed by atoms with Crippen LogP contribution in [0.25, 0.3) is 0 Å². The van der Waals surface area contributed by atoms with Crippen LogP contribution in [0.1, 0.15) is 21.5 Å². The average Bonchev–Trinajstić information content (AvgIpc) is 2.58. The number of pyridine rings is 1. The fourth-order valence-corrected chi connectivity index (χ4v) is 2.69. The van der Waals surface area contributed by atoms with Crippen molar-refractivity contribution in [2.45, 2.75) is 13.8 Å². The average molecular weight is 396 g/mol. The van der Waals surface area contributed by atoms with Crippen molar-refractivity contribution < 1.29 is 4.79 Å². The molecule has 0 spiro atoms. The van der Waals surface area contributed by atoms with Crippen molar-refractivity contribution in [3.05, 3.63) is 82.1 Å². The molecule has 0 fully saturated rings. The first-order valence-electron chi connectivity index (χ1n) is 7.87. The van der Waals surface area contributed by atoms with Crippen LogP contribution in [0.3, 0.4) is 0 Å². The molecule has 4 nitrogen and oxygen atoms in total. The minimum Gasteiger partial charge on any atom is -0.354 e. The van der Waals surface area contributed by atoms with Crippen molar-refractivity contribution in [3.8, 4) is 0 Å². The summed E-state index contributed by atoms with van der Waals surface area (Å²) in [5.41, 5.74) is 5.21. The molecule has 0 saturated carbocycles. The molecule has 1 aromatic heterocycles. The van der Waals surface area contributed by atoms with E-state index >= 15 is 0 Å². The highest BCUT2D eigenvalue weighted by Gasteiger charge is 2.08. The first-order valence-corrected chi connectivity index (χ1v) is 8.67. The van der Waals surface area contributed by atoms with Crippen LogP contribution in [-0.2, 0) is 0 Å². The fraction of sp³-hybridized carbons (Fsp3) is 0.100. The second-order valence-electron chi connectivity index (χ2n) is 5.87. The number of nitrogens with one attached hydrogen (secondary N) is 2. The van der Waals surface area contributed by atoms with E-state index in [-0.39, 0.29) is 5.91 Å². The molecule has 0 unspecified atom stereocenters. The van der Waals surface area contributed by atoms with Gasteiger partial charge < -0.3 is 10.6 Å². The summed E-state index contributed by atoms with van der Waals surface area (Å²) in [6.07, 6.45) is 3.26. The van der Waals surface area contributed by atoms with E-state index in [1.807, 2.05) is 56.3 Å². The number of anilines is 3. The number of benzene rings is 2. The maximum absolute atomic E-state index is 12.5. The van der Waals surface area contributed by atoms with Gasteiger partial charge in [-0.25, -0.2) is 0 Å². The highest BCUT2D eigenvalue weighted by Crippen LogP contribution is 2.21. The summed E-state index contributed by atoms with van der Waals surface area (Å²) in [5.74, 6) is -0.192. The standard InChI is InChI=1S/C20H18BrN3O/c1-13-4-3-5-16(8-13)23-18-10-15(11-22-12-18)20(25)24-17-6-7-19(21)14(2)9-17/h3-12,23H,1-2H3,(H,24,25). The van der Waals surface area contributed by atoms with Gasteiger partial charge in [-0.2, -0.15) is 0 Å². The molecule has 1 heterocycles. The van der Waals surface area contributed by atoms with E-state index in [0.717, 1.165) is 32.7 Å². The van der Waals surface area contributed by atoms with E-state index in [2.05, 4.69) is 31.5 Å². The van der Waals surface area contributed by atoms with Gasteiger partial charge in [-0.05, 0) is 61.4 Å². The summed E-state index contributed by atoms with van der Waals surface area (Å²) < 4.78 is 1.01. The SMILES string of the molecule is Cc1cccc(Nc2cncc(C(=O)Nc3ccc(Br)c(C)c3)c2)c1. The molecule has 0 atom stereocenters. The Balaban J connectivity index is 1.76. The van der Waals surface area contributed by atoms with Crippen molar-refractivity contribution in [1.82, 2.24) is 4.98 Å². The summed E-state index contributed by atoms with van der Waals surface area (Å²) >= 11 is 3.46. The molecule has 126 valence electrons. The van der Waals surface area contributed by atoms with Gasteiger partial charge in [0, 0.05) is 22.0 Å². The maximum Gasteiger partial charge on any atom is 0.257 e. The maximum atomic E-state index is 12.5. The molecule has 0 aliphatic carbocycles. The van der Waals surface area contributed by atoms with Crippen LogP contribution in [0.5, 0.6) is 0 Å². The lowest BCUT2D eigenvalue weighted by molar-refractivity contribution is 0.102. The molecule has 1 amide bonds. The Morgan fingerprint density at radius 1 is 0.960 bits per heavy atom. The number of nitrogens with zero attached hydrogens (tertiary/aromatic N) is 1. The summed E-state index contributed by atoms with van der Waals surface area (Å²) in [6.45, 7) is 4.02. The third kappa shape index (κ3) is 4.45. The van der Waals surface area contributed by atoms with Gasteiger partial charge in [0.15, 0.2) is 0 Å². The number of aryl methyl sites for hydroxylation is 2. The zero-order valence-corrected chi connectivity index (χ0v) is 15.6. The second kappa shape index (κ2) is 7.49. The number of hydrogen-bond donors (Lipinski definition) is 2. The summed E-state index contributed by atoms with van der Waals surface area (Å²) in [4.78, 5) is 16.6. The first-order chi connectivity index (χ1) is 12.0. The molecule has 2 aromatic carbocycles. The van der Waals surface area contributed by atoms with Crippen LogP contribution in [0.2, 0.25) is 0 Å². The molecular weight excluding hydrogens is 378 g/mol. The zero-order chi connectivity index (χ0) is 17.8. The monoisotopic (exact) mass is 395 g/mol. The van der Waals surface area contributed by atoms with Crippen molar-refractivity contribution >= 4 is 38.9 Å². The van der Waals surface area contributed by atoms with Gasteiger partial charge in [-0.1, -0.05) is 28.1 Å². The molecule has 0 saturated heterocycles. The van der Waals surface area contributed by atoms with Crippen molar-refractivity contribution in [3.63, 3.8) is 0 Å². The Labute approximate surface area is 155 Å². The van der Waals surface area contributed by atoms with Crippen molar-refractivity contribution in [2.24, 2.45) is 0 Å². The molecule has 0 radical (unpaired) electrons. The largest absolute Gasteiger partial charge is 0.354 e. The van der Waals surface area contributed by atoms with E-state index in [1.165, 1.54) is 0 Å². The van der Waals surface area contributed by atoms with E-state index < -0.39 is 0 Å². The van der Waals surface area contributed by atoms with Gasteiger partial charge in [-0.15, -0.1) is 0 Å². The van der Waals surface area contributed by atoms with Crippen LogP contribution in [-0.4, -0.2) is 10.9 Å². The Morgan fingerprint density at radius 3 is 2.56 bits per heavy atom. The van der Waals surface area contributed by atoms with E-state index in [0.29, 0.717) is 5.56 Å². The number of amides is 1. The minimum atomic E-state index is -0.192. The normalized spacial score (nSPS) is 10.4. The predicted molar refractivity (Wildman–Crippen MR) is 106 cm³/mol. The molecule has 5 heteroatoms. The highest BCUT2D eigenvalue weighted by molar-refractivity contribution is 9.10. The third-order valence-electron chi connectivity index (χ3n) is 3.72. The van der Waals surface area contributed by atoms with Crippen LogP contribution in [0.4, 0.5) is 17.1 Å². The number of rotatable bonds is 4. The number of aromatic nitrogens is 1. The molecule has 3 aromatic rings. The number of carbonyl (C=O) groups excluding carboxylic acids is 1. The van der Waals surface area contributed by atoms with Crippen LogP contribution in [0.15, 0.2) is 65.4 Å². The second-order valence-corrected chi connectivity index (χ2v) is 6.73. The van der Waals surface area contributed by atoms with Gasteiger partial charge in [0.1, 0.15) is 0 Å². The molecule has 0 aliphatic rings. The third-order valence-corrected chi connectivity index (χ3v) is 4.61. The van der Waals surface area contributed by atoms with Gasteiger partial charge >= 0.3 is 0 Å².